The van der Waals surface area contributed by atoms with Crippen LogP contribution in [0, 0.1) is 5.92 Å². The van der Waals surface area contributed by atoms with E-state index in [2.05, 4.69) is 58.7 Å². The van der Waals surface area contributed by atoms with E-state index in [0.717, 1.165) is 13.1 Å². The van der Waals surface area contributed by atoms with Gasteiger partial charge in [0.15, 0.2) is 0 Å². The van der Waals surface area contributed by atoms with Crippen molar-refractivity contribution in [2.75, 3.05) is 39.4 Å². The molecule has 2 amide bonds. The Hall–Kier alpha value is -2.70. The van der Waals surface area contributed by atoms with Crippen LogP contribution in [0.5, 0.6) is 0 Å². The number of fused-ring (bicyclic) bond motifs is 3. The third-order valence-corrected chi connectivity index (χ3v) is 5.90. The molecule has 2 heterocycles. The predicted molar refractivity (Wildman–Crippen MR) is 116 cm³/mol. The average Bonchev–Trinajstić information content (AvgIpc) is 3.03. The first-order valence-electron chi connectivity index (χ1n) is 10.6. The Balaban J connectivity index is 1.52. The second-order valence-electron chi connectivity index (χ2n) is 8.22. The molecular weight excluding hydrogens is 378 g/mol. The van der Waals surface area contributed by atoms with Gasteiger partial charge in [0.05, 0.1) is 25.8 Å². The SMILES string of the molecule is CC(=O)NCC(=O)N1C[C@@H]2COC[C@H](C1)N(Cc1ccccc1-c1ccccc1)C2. The minimum atomic E-state index is -0.180. The van der Waals surface area contributed by atoms with Crippen LogP contribution in [0.2, 0.25) is 0 Å². The van der Waals surface area contributed by atoms with Crippen molar-refractivity contribution < 1.29 is 14.3 Å². The van der Waals surface area contributed by atoms with Crippen LogP contribution < -0.4 is 5.32 Å². The number of rotatable bonds is 5. The molecule has 2 aromatic carbocycles. The first kappa shape index (κ1) is 20.6. The summed E-state index contributed by atoms with van der Waals surface area (Å²) in [6.45, 7) is 5.80. The molecule has 1 N–H and O–H groups in total. The van der Waals surface area contributed by atoms with E-state index in [1.807, 2.05) is 11.0 Å². The molecule has 158 valence electrons. The number of nitrogens with zero attached hydrogens (tertiary/aromatic N) is 2. The second-order valence-corrected chi connectivity index (χ2v) is 8.22. The van der Waals surface area contributed by atoms with Gasteiger partial charge >= 0.3 is 0 Å². The monoisotopic (exact) mass is 407 g/mol. The zero-order valence-corrected chi connectivity index (χ0v) is 17.4. The van der Waals surface area contributed by atoms with Gasteiger partial charge in [0.2, 0.25) is 11.8 Å². The Bertz CT molecular complexity index is 886. The summed E-state index contributed by atoms with van der Waals surface area (Å²) in [5.74, 6) is 0.0668. The molecule has 30 heavy (non-hydrogen) atoms. The zero-order chi connectivity index (χ0) is 20.9. The van der Waals surface area contributed by atoms with E-state index >= 15 is 0 Å². The predicted octanol–water partition coefficient (Wildman–Crippen LogP) is 2.15. The standard InChI is InChI=1S/C24H29N3O3/c1-18(28)25-11-24(29)27-13-19-12-26(22(15-27)17-30-16-19)14-21-9-5-6-10-23(21)20-7-3-2-4-8-20/h2-10,19,22H,11-17H2,1H3,(H,25,28)/t19-,22+/m1/s1. The summed E-state index contributed by atoms with van der Waals surface area (Å²) < 4.78 is 5.92. The molecule has 0 aliphatic carbocycles. The molecule has 6 heteroatoms. The number of nitrogens with one attached hydrogen (secondary N) is 1. The molecule has 2 atom stereocenters. The van der Waals surface area contributed by atoms with Crippen molar-refractivity contribution in [2.45, 2.75) is 19.5 Å². The molecule has 4 rings (SSSR count). The summed E-state index contributed by atoms with van der Waals surface area (Å²) in [6.07, 6.45) is 0. The molecule has 6 nitrogen and oxygen atoms in total. The van der Waals surface area contributed by atoms with Crippen molar-refractivity contribution in [1.82, 2.24) is 15.1 Å². The van der Waals surface area contributed by atoms with Gasteiger partial charge in [-0.1, -0.05) is 54.6 Å². The average molecular weight is 408 g/mol. The van der Waals surface area contributed by atoms with Crippen LogP contribution in [0.4, 0.5) is 0 Å². The first-order valence-corrected chi connectivity index (χ1v) is 10.6. The summed E-state index contributed by atoms with van der Waals surface area (Å²) in [5.41, 5.74) is 3.75. The van der Waals surface area contributed by atoms with Gasteiger partial charge in [-0.3, -0.25) is 14.5 Å². The molecule has 0 spiro atoms. The van der Waals surface area contributed by atoms with Crippen LogP contribution >= 0.6 is 0 Å². The Kier molecular flexibility index (Phi) is 6.45. The number of benzene rings is 2. The van der Waals surface area contributed by atoms with Crippen molar-refractivity contribution in [2.24, 2.45) is 5.92 Å². The minimum absolute atomic E-state index is 0.0198. The molecule has 2 aromatic rings. The lowest BCUT2D eigenvalue weighted by atomic mass is 9.99. The normalized spacial score (nSPS) is 21.7. The fourth-order valence-corrected chi connectivity index (χ4v) is 4.41. The van der Waals surface area contributed by atoms with Crippen molar-refractivity contribution in [3.8, 4) is 11.1 Å². The lowest BCUT2D eigenvalue weighted by molar-refractivity contribution is -0.134. The van der Waals surface area contributed by atoms with Crippen LogP contribution in [-0.4, -0.2) is 67.0 Å². The van der Waals surface area contributed by atoms with Crippen LogP contribution in [0.1, 0.15) is 12.5 Å². The van der Waals surface area contributed by atoms with Gasteiger partial charge in [-0.05, 0) is 16.7 Å². The van der Waals surface area contributed by atoms with E-state index in [0.29, 0.717) is 26.3 Å². The van der Waals surface area contributed by atoms with Gasteiger partial charge in [-0.15, -0.1) is 0 Å². The zero-order valence-electron chi connectivity index (χ0n) is 17.4. The third-order valence-electron chi connectivity index (χ3n) is 5.90. The van der Waals surface area contributed by atoms with Gasteiger partial charge in [0.25, 0.3) is 0 Å². The van der Waals surface area contributed by atoms with Gasteiger partial charge < -0.3 is 15.0 Å². The fraction of sp³-hybridized carbons (Fsp3) is 0.417. The van der Waals surface area contributed by atoms with E-state index in [1.165, 1.54) is 23.6 Å². The summed E-state index contributed by atoms with van der Waals surface area (Å²) in [6, 6.07) is 19.1. The van der Waals surface area contributed by atoms with Crippen LogP contribution in [0.15, 0.2) is 54.6 Å². The molecule has 2 aliphatic heterocycles. The number of carbonyl (C=O) groups excluding carboxylic acids is 2. The van der Waals surface area contributed by atoms with Crippen molar-refractivity contribution in [3.63, 3.8) is 0 Å². The number of amides is 2. The van der Waals surface area contributed by atoms with Gasteiger partial charge in [0, 0.05) is 39.0 Å². The second kappa shape index (κ2) is 9.41. The molecule has 0 saturated carbocycles. The van der Waals surface area contributed by atoms with E-state index in [4.69, 9.17) is 4.74 Å². The minimum Gasteiger partial charge on any atom is -0.379 e. The van der Waals surface area contributed by atoms with Gasteiger partial charge in [0.1, 0.15) is 0 Å². The highest BCUT2D eigenvalue weighted by atomic mass is 16.5. The van der Waals surface area contributed by atoms with Crippen LogP contribution in [0.25, 0.3) is 11.1 Å². The first-order chi connectivity index (χ1) is 14.6. The molecule has 0 aromatic heterocycles. The van der Waals surface area contributed by atoms with E-state index in [1.54, 1.807) is 0 Å². The summed E-state index contributed by atoms with van der Waals surface area (Å²) in [4.78, 5) is 28.2. The molecule has 2 aliphatic rings. The summed E-state index contributed by atoms with van der Waals surface area (Å²) >= 11 is 0. The summed E-state index contributed by atoms with van der Waals surface area (Å²) in [7, 11) is 0. The maximum atomic E-state index is 12.6. The highest BCUT2D eigenvalue weighted by Gasteiger charge is 2.35. The highest BCUT2D eigenvalue weighted by molar-refractivity contribution is 5.83. The van der Waals surface area contributed by atoms with Crippen molar-refractivity contribution >= 4 is 11.8 Å². The topological polar surface area (TPSA) is 61.9 Å². The Morgan fingerprint density at radius 1 is 1.00 bits per heavy atom. The molecule has 0 radical (unpaired) electrons. The Morgan fingerprint density at radius 2 is 1.77 bits per heavy atom. The molecule has 2 fully saturated rings. The van der Waals surface area contributed by atoms with E-state index in [-0.39, 0.29) is 30.3 Å². The molecular formula is C24H29N3O3. The summed E-state index contributed by atoms with van der Waals surface area (Å²) in [5, 5.41) is 2.63. The molecule has 2 bridgehead atoms. The van der Waals surface area contributed by atoms with Gasteiger partial charge in [-0.2, -0.15) is 0 Å². The van der Waals surface area contributed by atoms with E-state index in [9.17, 15) is 9.59 Å². The lowest BCUT2D eigenvalue weighted by Gasteiger charge is -2.31. The maximum absolute atomic E-state index is 12.6. The fourth-order valence-electron chi connectivity index (χ4n) is 4.41. The third kappa shape index (κ3) is 4.89. The number of carbonyl (C=O) groups is 2. The highest BCUT2D eigenvalue weighted by Crippen LogP contribution is 2.27. The molecule has 2 saturated heterocycles. The quantitative estimate of drug-likeness (QED) is 0.825. The smallest absolute Gasteiger partial charge is 0.242 e. The maximum Gasteiger partial charge on any atom is 0.242 e. The van der Waals surface area contributed by atoms with Crippen molar-refractivity contribution in [1.29, 1.82) is 0 Å². The molecule has 0 unspecified atom stereocenters. The number of ether oxygens (including phenoxy) is 1. The Morgan fingerprint density at radius 3 is 2.57 bits per heavy atom. The number of hydrogen-bond acceptors (Lipinski definition) is 4. The largest absolute Gasteiger partial charge is 0.379 e. The van der Waals surface area contributed by atoms with Gasteiger partial charge in [-0.25, -0.2) is 0 Å². The lowest BCUT2D eigenvalue weighted by Crippen LogP contribution is -2.48. The van der Waals surface area contributed by atoms with Crippen LogP contribution in [-0.2, 0) is 20.9 Å². The number of hydrogen-bond donors (Lipinski definition) is 1. The van der Waals surface area contributed by atoms with E-state index < -0.39 is 0 Å². The van der Waals surface area contributed by atoms with Crippen molar-refractivity contribution in [3.05, 3.63) is 60.2 Å². The Labute approximate surface area is 177 Å². The van der Waals surface area contributed by atoms with Crippen LogP contribution in [0.3, 0.4) is 0 Å².